The number of ether oxygens (including phenoxy) is 2. The van der Waals surface area contributed by atoms with Gasteiger partial charge in [0.15, 0.2) is 12.6 Å². The molecular formula is C23H31O3P. The smallest absolute Gasteiger partial charge is 0.188 e. The van der Waals surface area contributed by atoms with E-state index in [1.165, 1.54) is 11.1 Å². The summed E-state index contributed by atoms with van der Waals surface area (Å²) in [6.45, 7) is 10.5. The van der Waals surface area contributed by atoms with Crippen LogP contribution in [0.2, 0.25) is 0 Å². The normalized spacial score (nSPS) is 13.7. The summed E-state index contributed by atoms with van der Waals surface area (Å²) < 4.78 is 11.0. The van der Waals surface area contributed by atoms with Crippen molar-refractivity contribution < 1.29 is 14.3 Å². The minimum Gasteiger partial charge on any atom is -0.467 e. The summed E-state index contributed by atoms with van der Waals surface area (Å²) in [5, 5.41) is 1.02. The van der Waals surface area contributed by atoms with Gasteiger partial charge in [0.25, 0.3) is 0 Å². The number of Topliss-reactive ketones (excluding diaryl/α,β-unsaturated/α-hetero) is 1. The molecule has 0 amide bonds. The minimum absolute atomic E-state index is 0.108. The summed E-state index contributed by atoms with van der Waals surface area (Å²) in [5.74, 6) is 0.988. The van der Waals surface area contributed by atoms with Crippen LogP contribution in [-0.2, 0) is 9.89 Å². The second-order valence-corrected chi connectivity index (χ2v) is 9.26. The Balaban J connectivity index is 2.53. The molecule has 0 heterocycles. The van der Waals surface area contributed by atoms with Gasteiger partial charge in [0.05, 0.1) is 0 Å². The van der Waals surface area contributed by atoms with Crippen molar-refractivity contribution in [1.29, 1.82) is 0 Å². The number of benzene rings is 2. The van der Waals surface area contributed by atoms with Crippen molar-refractivity contribution in [3.8, 4) is 5.75 Å². The molecule has 2 atom stereocenters. The van der Waals surface area contributed by atoms with Gasteiger partial charge in [0, 0.05) is 23.4 Å². The topological polar surface area (TPSA) is 35.5 Å². The Kier molecular flexibility index (Phi) is 7.59. The Bertz CT molecular complexity index is 800. The van der Waals surface area contributed by atoms with E-state index in [1.807, 2.05) is 19.1 Å². The number of aryl methyl sites for hydroxylation is 2. The van der Waals surface area contributed by atoms with E-state index in [0.717, 1.165) is 35.0 Å². The standard InChI is InChI=1S/C23H31O3P/c1-7-12-23(5,20-14-17(3)8-10-21(20)26-15-25-6)27-22-11-9-16(2)13-19(22)18(4)24/h8-11,13-14,27H,7,12,15H2,1-6H3. The molecule has 0 radical (unpaired) electrons. The van der Waals surface area contributed by atoms with Crippen LogP contribution in [0.5, 0.6) is 5.75 Å². The van der Waals surface area contributed by atoms with Gasteiger partial charge < -0.3 is 9.47 Å². The first-order valence-corrected chi connectivity index (χ1v) is 10.4. The maximum Gasteiger partial charge on any atom is 0.188 e. The van der Waals surface area contributed by atoms with Gasteiger partial charge in [-0.2, -0.15) is 0 Å². The van der Waals surface area contributed by atoms with Crippen LogP contribution in [0.3, 0.4) is 0 Å². The fourth-order valence-electron chi connectivity index (χ4n) is 3.44. The van der Waals surface area contributed by atoms with E-state index >= 15 is 0 Å². The summed E-state index contributed by atoms with van der Waals surface area (Å²) in [6.07, 6.45) is 2.08. The molecule has 27 heavy (non-hydrogen) atoms. The number of hydrogen-bond acceptors (Lipinski definition) is 3. The molecule has 0 aliphatic rings. The highest BCUT2D eigenvalue weighted by molar-refractivity contribution is 7.48. The Morgan fingerprint density at radius 2 is 1.78 bits per heavy atom. The number of rotatable bonds is 9. The maximum atomic E-state index is 12.2. The predicted octanol–water partition coefficient (Wildman–Crippen LogP) is 5.51. The highest BCUT2D eigenvalue weighted by Gasteiger charge is 2.31. The van der Waals surface area contributed by atoms with E-state index in [4.69, 9.17) is 9.47 Å². The summed E-state index contributed by atoms with van der Waals surface area (Å²) in [5.41, 5.74) is 4.35. The summed E-state index contributed by atoms with van der Waals surface area (Å²) in [7, 11) is 2.11. The maximum absolute atomic E-state index is 12.2. The molecule has 0 fully saturated rings. The molecule has 3 nitrogen and oxygen atoms in total. The third-order valence-electron chi connectivity index (χ3n) is 4.78. The Morgan fingerprint density at radius 1 is 1.11 bits per heavy atom. The van der Waals surface area contributed by atoms with Gasteiger partial charge in [-0.3, -0.25) is 4.79 Å². The lowest BCUT2D eigenvalue weighted by Gasteiger charge is -2.33. The van der Waals surface area contributed by atoms with Crippen LogP contribution in [0.4, 0.5) is 0 Å². The Hall–Kier alpha value is -1.70. The minimum atomic E-state index is -0.108. The molecular weight excluding hydrogens is 355 g/mol. The van der Waals surface area contributed by atoms with E-state index < -0.39 is 0 Å². The second kappa shape index (κ2) is 9.48. The molecule has 146 valence electrons. The molecule has 0 spiro atoms. The van der Waals surface area contributed by atoms with Gasteiger partial charge >= 0.3 is 0 Å². The third kappa shape index (κ3) is 5.40. The molecule has 4 heteroatoms. The molecule has 0 aromatic heterocycles. The molecule has 0 aliphatic carbocycles. The van der Waals surface area contributed by atoms with Gasteiger partial charge in [0.1, 0.15) is 5.75 Å². The lowest BCUT2D eigenvalue weighted by molar-refractivity contribution is 0.0500. The van der Waals surface area contributed by atoms with Gasteiger partial charge in [-0.1, -0.05) is 64.2 Å². The Morgan fingerprint density at radius 3 is 2.41 bits per heavy atom. The first-order chi connectivity index (χ1) is 12.8. The number of hydrogen-bond donors (Lipinski definition) is 0. The van der Waals surface area contributed by atoms with E-state index in [-0.39, 0.29) is 17.7 Å². The van der Waals surface area contributed by atoms with Crippen molar-refractivity contribution in [1.82, 2.24) is 0 Å². The van der Waals surface area contributed by atoms with Crippen molar-refractivity contribution in [2.24, 2.45) is 0 Å². The van der Waals surface area contributed by atoms with Crippen LogP contribution in [0, 0.1) is 13.8 Å². The lowest BCUT2D eigenvalue weighted by atomic mass is 9.93. The van der Waals surface area contributed by atoms with Crippen LogP contribution in [0.1, 0.15) is 60.7 Å². The fraction of sp³-hybridized carbons (Fsp3) is 0.435. The van der Waals surface area contributed by atoms with Crippen LogP contribution < -0.4 is 10.0 Å². The van der Waals surface area contributed by atoms with Crippen molar-refractivity contribution in [3.05, 3.63) is 58.7 Å². The monoisotopic (exact) mass is 386 g/mol. The van der Waals surface area contributed by atoms with Crippen LogP contribution in [0.25, 0.3) is 0 Å². The zero-order valence-electron chi connectivity index (χ0n) is 17.3. The number of carbonyl (C=O) groups is 1. The number of methoxy groups -OCH3 is 1. The first kappa shape index (κ1) is 21.6. The summed E-state index contributed by atoms with van der Waals surface area (Å²) in [6, 6.07) is 12.5. The van der Waals surface area contributed by atoms with E-state index in [1.54, 1.807) is 14.0 Å². The quantitative estimate of drug-likeness (QED) is 0.324. The van der Waals surface area contributed by atoms with Crippen molar-refractivity contribution in [3.63, 3.8) is 0 Å². The van der Waals surface area contributed by atoms with Crippen molar-refractivity contribution >= 4 is 19.7 Å². The number of carbonyl (C=O) groups excluding carboxylic acids is 1. The van der Waals surface area contributed by atoms with Crippen molar-refractivity contribution in [2.75, 3.05) is 13.9 Å². The van der Waals surface area contributed by atoms with E-state index in [2.05, 4.69) is 45.0 Å². The van der Waals surface area contributed by atoms with Gasteiger partial charge in [-0.15, -0.1) is 0 Å². The molecule has 2 aromatic rings. The lowest BCUT2D eigenvalue weighted by Crippen LogP contribution is -2.23. The average Bonchev–Trinajstić information content (AvgIpc) is 2.62. The van der Waals surface area contributed by atoms with Gasteiger partial charge in [0.2, 0.25) is 0 Å². The van der Waals surface area contributed by atoms with E-state index in [0.29, 0.717) is 8.58 Å². The van der Waals surface area contributed by atoms with Crippen LogP contribution in [-0.4, -0.2) is 19.7 Å². The molecule has 0 bridgehead atoms. The molecule has 2 unspecified atom stereocenters. The van der Waals surface area contributed by atoms with E-state index in [9.17, 15) is 4.79 Å². The summed E-state index contributed by atoms with van der Waals surface area (Å²) in [4.78, 5) is 12.2. The fourth-order valence-corrected chi connectivity index (χ4v) is 5.29. The average molecular weight is 386 g/mol. The largest absolute Gasteiger partial charge is 0.467 e. The first-order valence-electron chi connectivity index (χ1n) is 9.43. The SMILES string of the molecule is CCCC(C)(Pc1ccc(C)cc1C(C)=O)c1cc(C)ccc1OCOC. The molecule has 2 rings (SSSR count). The van der Waals surface area contributed by atoms with Gasteiger partial charge in [-0.05, 0) is 44.6 Å². The number of ketones is 1. The van der Waals surface area contributed by atoms with Crippen LogP contribution in [0.15, 0.2) is 36.4 Å². The molecule has 0 N–H and O–H groups in total. The predicted molar refractivity (Wildman–Crippen MR) is 115 cm³/mol. The summed E-state index contributed by atoms with van der Waals surface area (Å²) >= 11 is 0. The van der Waals surface area contributed by atoms with Crippen molar-refractivity contribution in [2.45, 2.75) is 52.6 Å². The zero-order chi connectivity index (χ0) is 20.0. The molecule has 2 aromatic carbocycles. The highest BCUT2D eigenvalue weighted by Crippen LogP contribution is 2.48. The third-order valence-corrected chi connectivity index (χ3v) is 6.55. The molecule has 0 aliphatic heterocycles. The van der Waals surface area contributed by atoms with Gasteiger partial charge in [-0.25, -0.2) is 0 Å². The van der Waals surface area contributed by atoms with Crippen LogP contribution >= 0.6 is 8.58 Å². The second-order valence-electron chi connectivity index (χ2n) is 7.36. The molecule has 0 saturated carbocycles. The molecule has 0 saturated heterocycles. The Labute approximate surface area is 165 Å². The zero-order valence-corrected chi connectivity index (χ0v) is 18.3. The highest BCUT2D eigenvalue weighted by atomic mass is 31.1.